The lowest BCUT2D eigenvalue weighted by Crippen LogP contribution is -2.50. The zero-order chi connectivity index (χ0) is 19.9. The quantitative estimate of drug-likeness (QED) is 0.667. The van der Waals surface area contributed by atoms with E-state index < -0.39 is 10.0 Å². The number of carbonyl (C=O) groups excluding carboxylic acids is 1. The number of fused-ring (bicyclic) bond motifs is 1. The summed E-state index contributed by atoms with van der Waals surface area (Å²) in [5.41, 5.74) is 1.67. The van der Waals surface area contributed by atoms with Crippen LogP contribution in [0.5, 0.6) is 0 Å². The highest BCUT2D eigenvalue weighted by Crippen LogP contribution is 2.25. The minimum absolute atomic E-state index is 0.192. The number of nitrogens with zero attached hydrogens (tertiary/aromatic N) is 4. The highest BCUT2D eigenvalue weighted by molar-refractivity contribution is 7.89. The van der Waals surface area contributed by atoms with Crippen molar-refractivity contribution in [3.63, 3.8) is 0 Å². The molecule has 1 amide bonds. The molecule has 0 spiro atoms. The van der Waals surface area contributed by atoms with Gasteiger partial charge in [0.25, 0.3) is 5.91 Å². The average Bonchev–Trinajstić information content (AvgIpc) is 3.13. The van der Waals surface area contributed by atoms with Crippen LogP contribution in [0.25, 0.3) is 10.9 Å². The third-order valence-corrected chi connectivity index (χ3v) is 6.73. The zero-order valence-electron chi connectivity index (χ0n) is 15.6. The van der Waals surface area contributed by atoms with E-state index in [1.807, 2.05) is 19.1 Å². The summed E-state index contributed by atoms with van der Waals surface area (Å²) in [5, 5.41) is 4.53. The maximum atomic E-state index is 13.2. The number of hydrogen-bond acceptors (Lipinski definition) is 6. The molecule has 4 rings (SSSR count). The van der Waals surface area contributed by atoms with Crippen LogP contribution >= 0.6 is 0 Å². The van der Waals surface area contributed by atoms with Gasteiger partial charge in [-0.05, 0) is 31.5 Å². The number of carbonyl (C=O) groups is 1. The summed E-state index contributed by atoms with van der Waals surface area (Å²) < 4.78 is 32.7. The molecule has 1 aromatic carbocycles. The van der Waals surface area contributed by atoms with Crippen molar-refractivity contribution in [3.05, 3.63) is 53.5 Å². The van der Waals surface area contributed by atoms with Gasteiger partial charge in [0.1, 0.15) is 10.7 Å². The summed E-state index contributed by atoms with van der Waals surface area (Å²) in [5.74, 6) is 0.305. The van der Waals surface area contributed by atoms with Crippen LogP contribution in [0, 0.1) is 13.8 Å². The van der Waals surface area contributed by atoms with Crippen molar-refractivity contribution >= 4 is 26.8 Å². The van der Waals surface area contributed by atoms with E-state index in [4.69, 9.17) is 4.52 Å². The van der Waals surface area contributed by atoms with Gasteiger partial charge in [-0.15, -0.1) is 0 Å². The minimum Gasteiger partial charge on any atom is -0.361 e. The molecule has 1 saturated heterocycles. The highest BCUT2D eigenvalue weighted by atomic mass is 32.2. The summed E-state index contributed by atoms with van der Waals surface area (Å²) in [7, 11) is -3.71. The predicted octanol–water partition coefficient (Wildman–Crippen LogP) is 1.99. The summed E-state index contributed by atoms with van der Waals surface area (Å²) in [6, 6.07) is 8.65. The Labute approximate surface area is 162 Å². The number of piperazine rings is 1. The van der Waals surface area contributed by atoms with Crippen molar-refractivity contribution < 1.29 is 17.7 Å². The first-order valence-corrected chi connectivity index (χ1v) is 10.4. The van der Waals surface area contributed by atoms with Crippen LogP contribution in [-0.2, 0) is 10.0 Å². The van der Waals surface area contributed by atoms with Crippen LogP contribution in [-0.4, -0.2) is 59.8 Å². The number of pyridine rings is 1. The van der Waals surface area contributed by atoms with Crippen LogP contribution in [0.2, 0.25) is 0 Å². The normalized spacial score (nSPS) is 15.9. The monoisotopic (exact) mass is 400 g/mol. The SMILES string of the molecule is Cc1cnc2c(S(=O)(=O)N3CCN(C(=O)c4cc(C)on4)CC3)cccc2c1. The number of sulfonamides is 1. The van der Waals surface area contributed by atoms with Crippen molar-refractivity contribution in [3.8, 4) is 0 Å². The number of benzene rings is 1. The smallest absolute Gasteiger partial charge is 0.276 e. The zero-order valence-corrected chi connectivity index (χ0v) is 16.4. The number of aryl methyl sites for hydroxylation is 2. The Bertz CT molecular complexity index is 1150. The molecule has 0 saturated carbocycles. The minimum atomic E-state index is -3.71. The fourth-order valence-corrected chi connectivity index (χ4v) is 4.94. The Balaban J connectivity index is 1.55. The molecule has 3 aromatic rings. The molecule has 0 radical (unpaired) electrons. The van der Waals surface area contributed by atoms with Crippen molar-refractivity contribution in [1.29, 1.82) is 0 Å². The number of amides is 1. The van der Waals surface area contributed by atoms with E-state index in [-0.39, 0.29) is 29.6 Å². The maximum absolute atomic E-state index is 13.2. The van der Waals surface area contributed by atoms with Gasteiger partial charge in [0, 0.05) is 43.8 Å². The highest BCUT2D eigenvalue weighted by Gasteiger charge is 2.32. The number of hydrogen-bond donors (Lipinski definition) is 0. The molecule has 0 aliphatic carbocycles. The molecule has 146 valence electrons. The third-order valence-electron chi connectivity index (χ3n) is 4.80. The molecule has 1 aliphatic heterocycles. The van der Waals surface area contributed by atoms with Crippen LogP contribution in [0.4, 0.5) is 0 Å². The predicted molar refractivity (Wildman–Crippen MR) is 102 cm³/mol. The second-order valence-corrected chi connectivity index (χ2v) is 8.77. The molecule has 1 fully saturated rings. The lowest BCUT2D eigenvalue weighted by molar-refractivity contribution is 0.0687. The van der Waals surface area contributed by atoms with Crippen molar-refractivity contribution in [2.75, 3.05) is 26.2 Å². The van der Waals surface area contributed by atoms with Gasteiger partial charge < -0.3 is 9.42 Å². The molecule has 0 unspecified atom stereocenters. The second-order valence-electron chi connectivity index (χ2n) is 6.86. The maximum Gasteiger partial charge on any atom is 0.276 e. The van der Waals surface area contributed by atoms with Crippen molar-refractivity contribution in [2.45, 2.75) is 18.7 Å². The molecule has 28 heavy (non-hydrogen) atoms. The Morgan fingerprint density at radius 2 is 1.86 bits per heavy atom. The largest absolute Gasteiger partial charge is 0.361 e. The third kappa shape index (κ3) is 3.27. The molecular formula is C19H20N4O4S. The standard InChI is InChI=1S/C19H20N4O4S/c1-13-10-15-4-3-5-17(18(15)20-12-13)28(25,26)23-8-6-22(7-9-23)19(24)16-11-14(2)27-21-16/h3-5,10-12H,6-9H2,1-2H3. The van der Waals surface area contributed by atoms with Crippen molar-refractivity contribution in [2.24, 2.45) is 0 Å². The van der Waals surface area contributed by atoms with Gasteiger partial charge in [-0.25, -0.2) is 8.42 Å². The van der Waals surface area contributed by atoms with Crippen molar-refractivity contribution in [1.82, 2.24) is 19.3 Å². The van der Waals surface area contributed by atoms with Gasteiger partial charge in [-0.2, -0.15) is 4.31 Å². The Kier molecular flexibility index (Phi) is 4.64. The van der Waals surface area contributed by atoms with E-state index in [9.17, 15) is 13.2 Å². The number of para-hydroxylation sites is 1. The molecule has 3 heterocycles. The van der Waals surface area contributed by atoms with Gasteiger partial charge in [0.05, 0.1) is 5.52 Å². The Morgan fingerprint density at radius 3 is 2.54 bits per heavy atom. The fraction of sp³-hybridized carbons (Fsp3) is 0.316. The van der Waals surface area contributed by atoms with Gasteiger partial charge in [0.15, 0.2) is 5.69 Å². The van der Waals surface area contributed by atoms with E-state index in [1.165, 1.54) is 4.31 Å². The molecule has 0 bridgehead atoms. The summed E-state index contributed by atoms with van der Waals surface area (Å²) in [4.78, 5) is 18.6. The molecule has 8 nitrogen and oxygen atoms in total. The summed E-state index contributed by atoms with van der Waals surface area (Å²) >= 11 is 0. The summed E-state index contributed by atoms with van der Waals surface area (Å²) in [6.45, 7) is 4.65. The molecule has 9 heteroatoms. The van der Waals surface area contributed by atoms with Crippen LogP contribution in [0.3, 0.4) is 0 Å². The van der Waals surface area contributed by atoms with Gasteiger partial charge in [-0.3, -0.25) is 9.78 Å². The lowest BCUT2D eigenvalue weighted by atomic mass is 10.2. The van der Waals surface area contributed by atoms with Gasteiger partial charge in [-0.1, -0.05) is 17.3 Å². The van der Waals surface area contributed by atoms with E-state index >= 15 is 0 Å². The van der Waals surface area contributed by atoms with Crippen LogP contribution < -0.4 is 0 Å². The van der Waals surface area contributed by atoms with Gasteiger partial charge >= 0.3 is 0 Å². The lowest BCUT2D eigenvalue weighted by Gasteiger charge is -2.33. The van der Waals surface area contributed by atoms with Gasteiger partial charge in [0.2, 0.25) is 10.0 Å². The molecular weight excluding hydrogens is 380 g/mol. The molecule has 0 atom stereocenters. The average molecular weight is 400 g/mol. The molecule has 2 aromatic heterocycles. The van der Waals surface area contributed by atoms with Crippen LogP contribution in [0.15, 0.2) is 45.9 Å². The van der Waals surface area contributed by atoms with Crippen LogP contribution in [0.1, 0.15) is 21.8 Å². The van der Waals surface area contributed by atoms with E-state index in [0.717, 1.165) is 10.9 Å². The fourth-order valence-electron chi connectivity index (χ4n) is 3.35. The van der Waals surface area contributed by atoms with E-state index in [1.54, 1.807) is 36.2 Å². The molecule has 1 aliphatic rings. The number of aromatic nitrogens is 2. The summed E-state index contributed by atoms with van der Waals surface area (Å²) in [6.07, 6.45) is 1.66. The second kappa shape index (κ2) is 6.99. The first kappa shape index (κ1) is 18.6. The Morgan fingerprint density at radius 1 is 1.11 bits per heavy atom. The first-order chi connectivity index (χ1) is 13.4. The molecule has 0 N–H and O–H groups in total. The number of rotatable bonds is 3. The van der Waals surface area contributed by atoms with E-state index in [0.29, 0.717) is 24.4 Å². The van der Waals surface area contributed by atoms with E-state index in [2.05, 4.69) is 10.1 Å². The topological polar surface area (TPSA) is 96.6 Å². The first-order valence-electron chi connectivity index (χ1n) is 8.94. The Hall–Kier alpha value is -2.78.